The van der Waals surface area contributed by atoms with Gasteiger partial charge in [-0.2, -0.15) is 0 Å². The van der Waals surface area contributed by atoms with Crippen LogP contribution in [-0.4, -0.2) is 24.7 Å². The van der Waals surface area contributed by atoms with Crippen molar-refractivity contribution in [3.8, 4) is 0 Å². The maximum atomic E-state index is 12.6. The average molecular weight is 372 g/mol. The molecule has 0 radical (unpaired) electrons. The molecular formula is C23H33NO3. The van der Waals surface area contributed by atoms with E-state index in [1.807, 2.05) is 12.1 Å². The Balaban J connectivity index is 1.39. The summed E-state index contributed by atoms with van der Waals surface area (Å²) in [5.41, 5.74) is 1.82. The molecule has 0 unspecified atom stereocenters. The van der Waals surface area contributed by atoms with Gasteiger partial charge in [-0.05, 0) is 56.1 Å². The zero-order valence-electron chi connectivity index (χ0n) is 16.9. The van der Waals surface area contributed by atoms with Crippen molar-refractivity contribution in [1.82, 2.24) is 5.32 Å². The maximum absolute atomic E-state index is 12.6. The summed E-state index contributed by atoms with van der Waals surface area (Å²) in [4.78, 5) is 12.6. The minimum atomic E-state index is -0.0489. The summed E-state index contributed by atoms with van der Waals surface area (Å²) in [7, 11) is 0. The van der Waals surface area contributed by atoms with Crippen LogP contribution >= 0.6 is 0 Å². The van der Waals surface area contributed by atoms with Gasteiger partial charge >= 0.3 is 5.97 Å². The van der Waals surface area contributed by atoms with E-state index in [-0.39, 0.29) is 29.3 Å². The van der Waals surface area contributed by atoms with Gasteiger partial charge in [0, 0.05) is 24.9 Å². The number of carbonyl (C=O) groups excluding carboxylic acids is 1. The number of fused-ring (bicyclic) bond motifs is 2. The standard InChI is InChI=1S/C23H33NO3/c1-15-6-4-10-23(3)13-21-18(12-20(15)23)19(22(25)27-21)14-24-16(2)8-9-17-7-5-11-26-17/h5,7,11-12,15-16,18-19,21,24H,4,6,8-10,13-14H2,1-3H3/t15-,16+,18+,19-,21-,23-/m1/s1. The molecule has 1 saturated carbocycles. The molecule has 4 heteroatoms. The molecule has 1 N–H and O–H groups in total. The quantitative estimate of drug-likeness (QED) is 0.591. The molecule has 2 heterocycles. The van der Waals surface area contributed by atoms with Crippen LogP contribution < -0.4 is 5.32 Å². The monoisotopic (exact) mass is 371 g/mol. The number of carbonyl (C=O) groups is 1. The van der Waals surface area contributed by atoms with E-state index in [2.05, 4.69) is 32.2 Å². The fourth-order valence-electron chi connectivity index (χ4n) is 5.53. The molecule has 0 aromatic carbocycles. The number of hydrogen-bond donors (Lipinski definition) is 1. The van der Waals surface area contributed by atoms with Gasteiger partial charge in [0.1, 0.15) is 11.9 Å². The number of furan rings is 1. The van der Waals surface area contributed by atoms with E-state index >= 15 is 0 Å². The summed E-state index contributed by atoms with van der Waals surface area (Å²) >= 11 is 0. The van der Waals surface area contributed by atoms with E-state index < -0.39 is 0 Å². The van der Waals surface area contributed by atoms with Crippen LogP contribution in [0.1, 0.15) is 58.6 Å². The van der Waals surface area contributed by atoms with Gasteiger partial charge < -0.3 is 14.5 Å². The highest BCUT2D eigenvalue weighted by molar-refractivity contribution is 5.76. The van der Waals surface area contributed by atoms with Crippen molar-refractivity contribution >= 4 is 5.97 Å². The second kappa shape index (κ2) is 7.46. The Morgan fingerprint density at radius 2 is 2.26 bits per heavy atom. The summed E-state index contributed by atoms with van der Waals surface area (Å²) in [6.45, 7) is 7.61. The highest BCUT2D eigenvalue weighted by atomic mass is 16.6. The normalized spacial score (nSPS) is 36.6. The van der Waals surface area contributed by atoms with Crippen LogP contribution in [-0.2, 0) is 16.0 Å². The van der Waals surface area contributed by atoms with Crippen LogP contribution in [0.15, 0.2) is 34.5 Å². The van der Waals surface area contributed by atoms with E-state index in [9.17, 15) is 4.79 Å². The molecule has 0 spiro atoms. The van der Waals surface area contributed by atoms with Crippen LogP contribution in [0.5, 0.6) is 0 Å². The summed E-state index contributed by atoms with van der Waals surface area (Å²) in [6.07, 6.45) is 10.9. The molecule has 3 aliphatic rings. The number of esters is 1. The van der Waals surface area contributed by atoms with Gasteiger partial charge in [-0.1, -0.05) is 31.9 Å². The molecule has 1 saturated heterocycles. The maximum Gasteiger partial charge on any atom is 0.311 e. The van der Waals surface area contributed by atoms with Crippen molar-refractivity contribution in [2.24, 2.45) is 23.2 Å². The Morgan fingerprint density at radius 3 is 3.04 bits per heavy atom. The minimum Gasteiger partial charge on any atom is -0.469 e. The van der Waals surface area contributed by atoms with Crippen LogP contribution in [0.3, 0.4) is 0 Å². The molecule has 1 aromatic rings. The van der Waals surface area contributed by atoms with Crippen LogP contribution in [0, 0.1) is 23.2 Å². The van der Waals surface area contributed by atoms with Crippen molar-refractivity contribution < 1.29 is 13.9 Å². The Morgan fingerprint density at radius 1 is 1.41 bits per heavy atom. The first-order valence-electron chi connectivity index (χ1n) is 10.6. The predicted molar refractivity (Wildman–Crippen MR) is 105 cm³/mol. The lowest BCUT2D eigenvalue weighted by Crippen LogP contribution is -2.41. The topological polar surface area (TPSA) is 51.5 Å². The van der Waals surface area contributed by atoms with Crippen molar-refractivity contribution in [3.63, 3.8) is 0 Å². The third-order valence-electron chi connectivity index (χ3n) is 7.17. The van der Waals surface area contributed by atoms with Crippen molar-refractivity contribution in [3.05, 3.63) is 35.8 Å². The lowest BCUT2D eigenvalue weighted by atomic mass is 9.59. The number of nitrogens with one attached hydrogen (secondary N) is 1. The van der Waals surface area contributed by atoms with Gasteiger partial charge in [0.25, 0.3) is 0 Å². The van der Waals surface area contributed by atoms with E-state index in [1.54, 1.807) is 11.8 Å². The first kappa shape index (κ1) is 18.8. The zero-order valence-corrected chi connectivity index (χ0v) is 16.9. The lowest BCUT2D eigenvalue weighted by Gasteiger charge is -2.46. The molecule has 2 aliphatic carbocycles. The van der Waals surface area contributed by atoms with Crippen LogP contribution in [0.2, 0.25) is 0 Å². The molecule has 1 aromatic heterocycles. The van der Waals surface area contributed by atoms with Crippen molar-refractivity contribution in [2.75, 3.05) is 6.54 Å². The fraction of sp³-hybridized carbons (Fsp3) is 0.696. The molecule has 0 amide bonds. The highest BCUT2D eigenvalue weighted by Gasteiger charge is 2.51. The third-order valence-corrected chi connectivity index (χ3v) is 7.17. The SMILES string of the molecule is C[C@@H]1CCC[C@]2(C)C[C@H]3OC(=O)[C@H](CN[C@@H](C)CCc4ccco4)[C@@H]3C=C12. The number of hydrogen-bond acceptors (Lipinski definition) is 4. The Bertz CT molecular complexity index is 694. The molecule has 6 atom stereocenters. The molecular weight excluding hydrogens is 338 g/mol. The predicted octanol–water partition coefficient (Wildman–Crippen LogP) is 4.50. The minimum absolute atomic E-state index is 0.0116. The summed E-state index contributed by atoms with van der Waals surface area (Å²) in [5, 5.41) is 3.57. The molecule has 27 heavy (non-hydrogen) atoms. The molecule has 4 rings (SSSR count). The number of ether oxygens (including phenoxy) is 1. The first-order valence-corrected chi connectivity index (χ1v) is 10.6. The first-order chi connectivity index (χ1) is 13.0. The molecule has 2 fully saturated rings. The highest BCUT2D eigenvalue weighted by Crippen LogP contribution is 2.53. The Kier molecular flexibility index (Phi) is 5.19. The molecule has 4 nitrogen and oxygen atoms in total. The Labute approximate surface area is 162 Å². The summed E-state index contributed by atoms with van der Waals surface area (Å²) < 4.78 is 11.2. The summed E-state index contributed by atoms with van der Waals surface area (Å²) in [6, 6.07) is 4.29. The van der Waals surface area contributed by atoms with E-state index in [0.717, 1.165) is 25.0 Å². The van der Waals surface area contributed by atoms with Gasteiger partial charge in [-0.25, -0.2) is 0 Å². The van der Waals surface area contributed by atoms with Crippen molar-refractivity contribution in [1.29, 1.82) is 0 Å². The van der Waals surface area contributed by atoms with Gasteiger partial charge in [-0.15, -0.1) is 0 Å². The lowest BCUT2D eigenvalue weighted by molar-refractivity contribution is -0.145. The third kappa shape index (κ3) is 3.73. The molecule has 148 valence electrons. The smallest absolute Gasteiger partial charge is 0.311 e. The average Bonchev–Trinajstić information content (AvgIpc) is 3.23. The van der Waals surface area contributed by atoms with Gasteiger partial charge in [-0.3, -0.25) is 4.79 Å². The molecule has 1 aliphatic heterocycles. The van der Waals surface area contributed by atoms with Crippen molar-refractivity contribution in [2.45, 2.75) is 71.4 Å². The van der Waals surface area contributed by atoms with Crippen LogP contribution in [0.4, 0.5) is 0 Å². The van der Waals surface area contributed by atoms with E-state index in [0.29, 0.717) is 18.5 Å². The van der Waals surface area contributed by atoms with Gasteiger partial charge in [0.05, 0.1) is 12.2 Å². The fourth-order valence-corrected chi connectivity index (χ4v) is 5.53. The van der Waals surface area contributed by atoms with E-state index in [1.165, 1.54) is 19.3 Å². The molecule has 0 bridgehead atoms. The second-order valence-electron chi connectivity index (χ2n) is 9.27. The zero-order chi connectivity index (χ0) is 19.0. The largest absolute Gasteiger partial charge is 0.469 e. The number of aryl methyl sites for hydroxylation is 1. The number of allylic oxidation sites excluding steroid dienone is 1. The summed E-state index contributed by atoms with van der Waals surface area (Å²) in [5.74, 6) is 1.84. The second-order valence-corrected chi connectivity index (χ2v) is 9.27. The van der Waals surface area contributed by atoms with E-state index in [4.69, 9.17) is 9.15 Å². The van der Waals surface area contributed by atoms with Gasteiger partial charge in [0.2, 0.25) is 0 Å². The number of rotatable bonds is 6. The van der Waals surface area contributed by atoms with Crippen LogP contribution in [0.25, 0.3) is 0 Å². The van der Waals surface area contributed by atoms with Gasteiger partial charge in [0.15, 0.2) is 0 Å². The Hall–Kier alpha value is -1.55.